The van der Waals surface area contributed by atoms with Crippen LogP contribution in [0, 0.1) is 0 Å². The summed E-state index contributed by atoms with van der Waals surface area (Å²) in [5, 5.41) is -3.02. The fraction of sp³-hybridized carbons (Fsp3) is 0.118. The van der Waals surface area contributed by atoms with Crippen molar-refractivity contribution in [3.8, 4) is 11.3 Å². The molecule has 0 amide bonds. The summed E-state index contributed by atoms with van der Waals surface area (Å²) in [4.78, 5) is 14.8. The Morgan fingerprint density at radius 1 is 1.09 bits per heavy atom. The number of aromatic amines is 1. The molecule has 0 radical (unpaired) electrons. The monoisotopic (exact) mass is 333 g/mol. The Kier molecular flexibility index (Phi) is 4.09. The highest BCUT2D eigenvalue weighted by atomic mass is 32.2. The molecule has 0 fully saturated rings. The topological polar surface area (TPSA) is 42.1 Å². The minimum absolute atomic E-state index is 0.197. The summed E-state index contributed by atoms with van der Waals surface area (Å²) >= 11 is 0.197. The zero-order chi connectivity index (χ0) is 16.4. The van der Waals surface area contributed by atoms with Gasteiger partial charge >= 0.3 is 11.2 Å². The highest BCUT2D eigenvalue weighted by Gasteiger charge is 2.43. The second-order valence-corrected chi connectivity index (χ2v) is 5.98. The van der Waals surface area contributed by atoms with Crippen LogP contribution in [0.1, 0.15) is 0 Å². The Hall–Kier alpha value is -2.34. The molecule has 2 aromatic carbocycles. The fourth-order valence-corrected chi connectivity index (χ4v) is 3.30. The van der Waals surface area contributed by atoms with Crippen molar-refractivity contribution in [2.75, 3.05) is 7.11 Å². The zero-order valence-electron chi connectivity index (χ0n) is 12.2. The van der Waals surface area contributed by atoms with Gasteiger partial charge in [0, 0.05) is 15.8 Å². The Labute approximate surface area is 135 Å². The van der Waals surface area contributed by atoms with Crippen LogP contribution in [0.4, 0.5) is 8.78 Å². The summed E-state index contributed by atoms with van der Waals surface area (Å²) in [6, 6.07) is 16.3. The van der Waals surface area contributed by atoms with Gasteiger partial charge in [-0.2, -0.15) is 8.78 Å². The molecule has 118 valence electrons. The van der Waals surface area contributed by atoms with E-state index in [1.807, 2.05) is 42.5 Å². The van der Waals surface area contributed by atoms with E-state index in [0.29, 0.717) is 16.0 Å². The summed E-state index contributed by atoms with van der Waals surface area (Å²) in [5.41, 5.74) is 2.06. The summed E-state index contributed by atoms with van der Waals surface area (Å²) in [7, 11) is 0.949. The van der Waals surface area contributed by atoms with Crippen molar-refractivity contribution in [1.82, 2.24) is 4.98 Å². The number of esters is 1. The summed E-state index contributed by atoms with van der Waals surface area (Å²) < 4.78 is 32.4. The molecule has 0 spiro atoms. The molecule has 0 saturated carbocycles. The first-order valence-corrected chi connectivity index (χ1v) is 7.66. The average Bonchev–Trinajstić information content (AvgIpc) is 2.93. The van der Waals surface area contributed by atoms with Gasteiger partial charge in [0.05, 0.1) is 12.8 Å². The number of methoxy groups -OCH3 is 1. The van der Waals surface area contributed by atoms with Gasteiger partial charge in [0.1, 0.15) is 0 Å². The second-order valence-electron chi connectivity index (χ2n) is 4.85. The SMILES string of the molecule is COC(=O)C(F)(F)Sc1c(-c2ccccc2)[nH]c2ccccc12. The maximum absolute atomic E-state index is 14.1. The van der Waals surface area contributed by atoms with Crippen LogP contribution >= 0.6 is 11.8 Å². The molecular weight excluding hydrogens is 320 g/mol. The Morgan fingerprint density at radius 2 is 1.74 bits per heavy atom. The zero-order valence-corrected chi connectivity index (χ0v) is 13.0. The van der Waals surface area contributed by atoms with Crippen molar-refractivity contribution in [3.05, 3.63) is 54.6 Å². The molecule has 0 aliphatic heterocycles. The lowest BCUT2D eigenvalue weighted by Gasteiger charge is -2.13. The van der Waals surface area contributed by atoms with Crippen molar-refractivity contribution in [3.63, 3.8) is 0 Å². The number of aromatic nitrogens is 1. The van der Waals surface area contributed by atoms with Crippen molar-refractivity contribution in [2.45, 2.75) is 10.2 Å². The molecule has 0 atom stereocenters. The van der Waals surface area contributed by atoms with Crippen molar-refractivity contribution >= 4 is 28.6 Å². The van der Waals surface area contributed by atoms with E-state index in [1.165, 1.54) is 0 Å². The normalized spacial score (nSPS) is 11.6. The number of rotatable bonds is 4. The van der Waals surface area contributed by atoms with Gasteiger partial charge in [-0.1, -0.05) is 48.5 Å². The number of benzene rings is 2. The molecule has 3 aromatic rings. The van der Waals surface area contributed by atoms with Gasteiger partial charge in [-0.3, -0.25) is 0 Å². The maximum Gasteiger partial charge on any atom is 0.393 e. The number of nitrogens with one attached hydrogen (secondary N) is 1. The van der Waals surface area contributed by atoms with E-state index in [1.54, 1.807) is 12.1 Å². The lowest BCUT2D eigenvalue weighted by Crippen LogP contribution is -2.25. The predicted molar refractivity (Wildman–Crippen MR) is 86.6 cm³/mol. The van der Waals surface area contributed by atoms with Crippen LogP contribution in [-0.2, 0) is 9.53 Å². The molecule has 1 N–H and O–H groups in total. The van der Waals surface area contributed by atoms with E-state index in [-0.39, 0.29) is 11.8 Å². The van der Waals surface area contributed by atoms with E-state index in [2.05, 4.69) is 9.72 Å². The molecule has 23 heavy (non-hydrogen) atoms. The third-order valence-corrected chi connectivity index (χ3v) is 4.43. The smallest absolute Gasteiger partial charge is 0.393 e. The molecule has 3 rings (SSSR count). The quantitative estimate of drug-likeness (QED) is 0.556. The van der Waals surface area contributed by atoms with Gasteiger partial charge in [0.15, 0.2) is 0 Å². The molecule has 0 aliphatic carbocycles. The van der Waals surface area contributed by atoms with Crippen LogP contribution in [0.25, 0.3) is 22.2 Å². The highest BCUT2D eigenvalue weighted by molar-refractivity contribution is 8.01. The number of halogens is 2. The Bertz CT molecular complexity index is 846. The van der Waals surface area contributed by atoms with Gasteiger partial charge < -0.3 is 9.72 Å². The van der Waals surface area contributed by atoms with Crippen LogP contribution in [0.3, 0.4) is 0 Å². The molecular formula is C17H13F2NO2S. The number of carbonyl (C=O) groups is 1. The number of H-pyrrole nitrogens is 1. The third-order valence-electron chi connectivity index (χ3n) is 3.37. The number of para-hydroxylation sites is 1. The van der Waals surface area contributed by atoms with E-state index < -0.39 is 11.2 Å². The molecule has 1 aromatic heterocycles. The maximum atomic E-state index is 14.1. The first-order chi connectivity index (χ1) is 11.0. The number of alkyl halides is 2. The minimum atomic E-state index is -3.66. The van der Waals surface area contributed by atoms with Crippen LogP contribution < -0.4 is 0 Å². The number of hydrogen-bond donors (Lipinski definition) is 1. The average molecular weight is 333 g/mol. The fourth-order valence-electron chi connectivity index (χ4n) is 2.32. The molecule has 6 heteroatoms. The molecule has 0 saturated heterocycles. The summed E-state index contributed by atoms with van der Waals surface area (Å²) in [5.74, 6) is -1.56. The van der Waals surface area contributed by atoms with E-state index in [9.17, 15) is 13.6 Å². The Morgan fingerprint density at radius 3 is 2.43 bits per heavy atom. The minimum Gasteiger partial charge on any atom is -0.464 e. The van der Waals surface area contributed by atoms with Gasteiger partial charge in [0.2, 0.25) is 0 Å². The third kappa shape index (κ3) is 2.94. The van der Waals surface area contributed by atoms with E-state index in [0.717, 1.165) is 18.2 Å². The van der Waals surface area contributed by atoms with E-state index >= 15 is 0 Å². The molecule has 1 heterocycles. The first kappa shape index (κ1) is 15.6. The van der Waals surface area contributed by atoms with Crippen molar-refractivity contribution in [1.29, 1.82) is 0 Å². The largest absolute Gasteiger partial charge is 0.464 e. The highest BCUT2D eigenvalue weighted by Crippen LogP contribution is 2.45. The lowest BCUT2D eigenvalue weighted by molar-refractivity contribution is -0.156. The van der Waals surface area contributed by atoms with Crippen molar-refractivity contribution < 1.29 is 18.3 Å². The number of thioether (sulfide) groups is 1. The van der Waals surface area contributed by atoms with Gasteiger partial charge in [-0.25, -0.2) is 4.79 Å². The van der Waals surface area contributed by atoms with Gasteiger partial charge in [-0.15, -0.1) is 0 Å². The molecule has 0 bridgehead atoms. The first-order valence-electron chi connectivity index (χ1n) is 6.84. The number of fused-ring (bicyclic) bond motifs is 1. The second kappa shape index (κ2) is 6.04. The van der Waals surface area contributed by atoms with Crippen LogP contribution in [0.2, 0.25) is 0 Å². The number of ether oxygens (including phenoxy) is 1. The van der Waals surface area contributed by atoms with Gasteiger partial charge in [0.25, 0.3) is 0 Å². The number of carbonyl (C=O) groups excluding carboxylic acids is 1. The van der Waals surface area contributed by atoms with Crippen LogP contribution in [0.5, 0.6) is 0 Å². The summed E-state index contributed by atoms with van der Waals surface area (Å²) in [6.07, 6.45) is 0. The van der Waals surface area contributed by atoms with E-state index in [4.69, 9.17) is 0 Å². The molecule has 3 nitrogen and oxygen atoms in total. The van der Waals surface area contributed by atoms with Gasteiger partial charge in [-0.05, 0) is 23.4 Å². The standard InChI is InChI=1S/C17H13F2NO2S/c1-22-16(21)17(18,19)23-15-12-9-5-6-10-13(12)20-14(15)11-7-3-2-4-8-11/h2-10,20H,1H3. The van der Waals surface area contributed by atoms with Crippen LogP contribution in [0.15, 0.2) is 59.5 Å². The molecule has 0 aliphatic rings. The number of hydrogen-bond acceptors (Lipinski definition) is 3. The molecule has 0 unspecified atom stereocenters. The predicted octanol–water partition coefficient (Wildman–Crippen LogP) is 4.69. The Balaban J connectivity index is 2.16. The lowest BCUT2D eigenvalue weighted by atomic mass is 10.1. The van der Waals surface area contributed by atoms with Crippen molar-refractivity contribution in [2.24, 2.45) is 0 Å². The van der Waals surface area contributed by atoms with Crippen LogP contribution in [-0.4, -0.2) is 23.3 Å². The summed E-state index contributed by atoms with van der Waals surface area (Å²) in [6.45, 7) is 0.